The normalized spacial score (nSPS) is 15.6. The molecule has 0 unspecified atom stereocenters. The highest BCUT2D eigenvalue weighted by Gasteiger charge is 2.33. The third-order valence-electron chi connectivity index (χ3n) is 5.24. The monoisotopic (exact) mass is 465 g/mol. The van der Waals surface area contributed by atoms with Gasteiger partial charge in [0, 0.05) is 12.1 Å². The van der Waals surface area contributed by atoms with Crippen molar-refractivity contribution in [3.05, 3.63) is 101 Å². The summed E-state index contributed by atoms with van der Waals surface area (Å²) in [6.45, 7) is 1.69. The van der Waals surface area contributed by atoms with Crippen LogP contribution in [-0.4, -0.2) is 29.7 Å². The largest absolute Gasteiger partial charge is 0.497 e. The topological polar surface area (TPSA) is 113 Å². The number of carbonyl (C=O) groups is 1. The smallest absolute Gasteiger partial charge is 0.338 e. The van der Waals surface area contributed by atoms with Crippen LogP contribution in [0.3, 0.4) is 0 Å². The van der Waals surface area contributed by atoms with Crippen molar-refractivity contribution in [3.8, 4) is 5.75 Å². The van der Waals surface area contributed by atoms with E-state index in [0.29, 0.717) is 31.9 Å². The van der Waals surface area contributed by atoms with Crippen molar-refractivity contribution in [2.75, 3.05) is 14.2 Å². The number of aromatic nitrogens is 1. The number of nitro groups is 1. The van der Waals surface area contributed by atoms with E-state index in [9.17, 15) is 19.7 Å². The number of nitro benzene ring substituents is 1. The van der Waals surface area contributed by atoms with Gasteiger partial charge in [-0.1, -0.05) is 35.6 Å². The molecule has 0 spiro atoms. The fourth-order valence-corrected chi connectivity index (χ4v) is 4.72. The zero-order valence-electron chi connectivity index (χ0n) is 18.0. The summed E-state index contributed by atoms with van der Waals surface area (Å²) in [5, 5.41) is 11.1. The second-order valence-corrected chi connectivity index (χ2v) is 8.21. The molecule has 168 valence electrons. The Morgan fingerprint density at radius 1 is 1.21 bits per heavy atom. The molecule has 9 nitrogen and oxygen atoms in total. The Morgan fingerprint density at radius 3 is 2.58 bits per heavy atom. The molecule has 0 radical (unpaired) electrons. The van der Waals surface area contributed by atoms with Gasteiger partial charge in [0.2, 0.25) is 0 Å². The molecule has 0 fully saturated rings. The number of fused-ring (bicyclic) bond motifs is 1. The maximum Gasteiger partial charge on any atom is 0.338 e. The van der Waals surface area contributed by atoms with E-state index in [2.05, 4.69) is 4.99 Å². The van der Waals surface area contributed by atoms with Gasteiger partial charge in [-0.2, -0.15) is 0 Å². The van der Waals surface area contributed by atoms with E-state index in [-0.39, 0.29) is 16.8 Å². The average molecular weight is 465 g/mol. The van der Waals surface area contributed by atoms with E-state index in [1.165, 1.54) is 23.8 Å². The van der Waals surface area contributed by atoms with Gasteiger partial charge >= 0.3 is 5.97 Å². The van der Waals surface area contributed by atoms with Crippen LogP contribution in [0.25, 0.3) is 6.08 Å². The number of allylic oxidation sites excluding steroid dienone is 1. The standard InChI is InChI=1S/C23H19N3O6S/c1-13-19(22(28)32-3)20(15-7-9-17(31-2)10-8-15)25-21(27)18(33-23(25)24-13)12-14-5-4-6-16(11-14)26(29)30/h4-12,20H,1-3H3/b18-12+/t20-/m1/s1. The van der Waals surface area contributed by atoms with Crippen molar-refractivity contribution in [1.82, 2.24) is 4.57 Å². The molecule has 3 aromatic rings. The molecule has 0 saturated heterocycles. The molecule has 2 aromatic carbocycles. The molecule has 4 rings (SSSR count). The Balaban J connectivity index is 1.94. The van der Waals surface area contributed by atoms with Crippen LogP contribution in [0.2, 0.25) is 0 Å². The summed E-state index contributed by atoms with van der Waals surface area (Å²) >= 11 is 1.15. The van der Waals surface area contributed by atoms with E-state index in [4.69, 9.17) is 9.47 Å². The summed E-state index contributed by atoms with van der Waals surface area (Å²) in [4.78, 5) is 41.6. The number of benzene rings is 2. The number of nitrogens with zero attached hydrogens (tertiary/aromatic N) is 3. The number of non-ortho nitro benzene ring substituents is 1. The first-order chi connectivity index (χ1) is 15.8. The molecule has 1 atom stereocenters. The zero-order valence-corrected chi connectivity index (χ0v) is 18.8. The molecule has 10 heteroatoms. The molecule has 1 aliphatic heterocycles. The molecule has 2 heterocycles. The van der Waals surface area contributed by atoms with Gasteiger partial charge in [0.15, 0.2) is 4.80 Å². The van der Waals surface area contributed by atoms with Crippen LogP contribution in [0, 0.1) is 10.1 Å². The number of ether oxygens (including phenoxy) is 2. The molecule has 0 saturated carbocycles. The lowest BCUT2D eigenvalue weighted by Gasteiger charge is -2.24. The highest BCUT2D eigenvalue weighted by molar-refractivity contribution is 7.07. The van der Waals surface area contributed by atoms with Gasteiger partial charge in [-0.3, -0.25) is 19.5 Å². The van der Waals surface area contributed by atoms with Crippen LogP contribution in [0.4, 0.5) is 5.69 Å². The quantitative estimate of drug-likeness (QED) is 0.325. The Kier molecular flexibility index (Phi) is 5.93. The SMILES string of the molecule is COC(=O)C1=C(C)N=c2s/c(=C/c3cccc([N+](=O)[O-])c3)c(=O)n2[C@@H]1c1ccc(OC)cc1. The summed E-state index contributed by atoms with van der Waals surface area (Å²) in [7, 11) is 2.83. The number of hydrogen-bond acceptors (Lipinski definition) is 8. The lowest BCUT2D eigenvalue weighted by Crippen LogP contribution is -2.39. The average Bonchev–Trinajstić information content (AvgIpc) is 3.12. The highest BCUT2D eigenvalue weighted by atomic mass is 32.1. The molecular weight excluding hydrogens is 446 g/mol. The molecule has 0 N–H and O–H groups in total. The van der Waals surface area contributed by atoms with E-state index in [1.54, 1.807) is 56.5 Å². The molecule has 1 aliphatic rings. The van der Waals surface area contributed by atoms with Crippen LogP contribution in [0.15, 0.2) is 69.6 Å². The van der Waals surface area contributed by atoms with Gasteiger partial charge in [0.05, 0.1) is 41.0 Å². The van der Waals surface area contributed by atoms with Crippen molar-refractivity contribution in [1.29, 1.82) is 0 Å². The van der Waals surface area contributed by atoms with Crippen molar-refractivity contribution < 1.29 is 19.2 Å². The fraction of sp³-hybridized carbons (Fsp3) is 0.174. The summed E-state index contributed by atoms with van der Waals surface area (Å²) < 4.78 is 12.0. The van der Waals surface area contributed by atoms with Crippen LogP contribution >= 0.6 is 11.3 Å². The van der Waals surface area contributed by atoms with E-state index < -0.39 is 16.9 Å². The van der Waals surface area contributed by atoms with Crippen LogP contribution in [-0.2, 0) is 9.53 Å². The highest BCUT2D eigenvalue weighted by Crippen LogP contribution is 2.31. The molecule has 1 aromatic heterocycles. The summed E-state index contributed by atoms with van der Waals surface area (Å²) in [5.41, 5.74) is 1.48. The predicted octanol–water partition coefficient (Wildman–Crippen LogP) is 2.33. The molecular formula is C23H19N3O6S. The molecule has 0 aliphatic carbocycles. The van der Waals surface area contributed by atoms with Crippen LogP contribution < -0.4 is 19.6 Å². The number of hydrogen-bond donors (Lipinski definition) is 0. The first kappa shape index (κ1) is 22.2. The van der Waals surface area contributed by atoms with Gasteiger partial charge in [0.1, 0.15) is 5.75 Å². The number of carbonyl (C=O) groups excluding carboxylic acids is 1. The Hall–Kier alpha value is -4.05. The van der Waals surface area contributed by atoms with Crippen molar-refractivity contribution in [3.63, 3.8) is 0 Å². The number of esters is 1. The maximum absolute atomic E-state index is 13.5. The third kappa shape index (κ3) is 4.08. The van der Waals surface area contributed by atoms with Gasteiger partial charge in [0.25, 0.3) is 11.2 Å². The summed E-state index contributed by atoms with van der Waals surface area (Å²) in [6.07, 6.45) is 1.58. The number of thiazole rings is 1. The number of methoxy groups -OCH3 is 2. The number of rotatable bonds is 5. The Bertz CT molecular complexity index is 1470. The van der Waals surface area contributed by atoms with Gasteiger partial charge in [-0.05, 0) is 36.3 Å². The molecule has 33 heavy (non-hydrogen) atoms. The minimum absolute atomic E-state index is 0.0727. The van der Waals surface area contributed by atoms with Crippen LogP contribution in [0.1, 0.15) is 24.1 Å². The van der Waals surface area contributed by atoms with Gasteiger partial charge in [-0.25, -0.2) is 9.79 Å². The van der Waals surface area contributed by atoms with E-state index >= 15 is 0 Å². The van der Waals surface area contributed by atoms with Gasteiger partial charge in [-0.15, -0.1) is 0 Å². The summed E-state index contributed by atoms with van der Waals surface area (Å²) in [6, 6.07) is 12.3. The molecule has 0 amide bonds. The lowest BCUT2D eigenvalue weighted by molar-refractivity contribution is -0.384. The van der Waals surface area contributed by atoms with Crippen molar-refractivity contribution in [2.45, 2.75) is 13.0 Å². The second-order valence-electron chi connectivity index (χ2n) is 7.20. The third-order valence-corrected chi connectivity index (χ3v) is 6.22. The minimum atomic E-state index is -0.744. The second kappa shape index (κ2) is 8.83. The first-order valence-corrected chi connectivity index (χ1v) is 10.6. The zero-order chi connectivity index (χ0) is 23.7. The summed E-state index contributed by atoms with van der Waals surface area (Å²) in [5.74, 6) is 0.0576. The molecule has 0 bridgehead atoms. The maximum atomic E-state index is 13.5. The van der Waals surface area contributed by atoms with Gasteiger partial charge < -0.3 is 9.47 Å². The van der Waals surface area contributed by atoms with Crippen LogP contribution in [0.5, 0.6) is 5.75 Å². The van der Waals surface area contributed by atoms with Crippen molar-refractivity contribution >= 4 is 29.1 Å². The minimum Gasteiger partial charge on any atom is -0.497 e. The van der Waals surface area contributed by atoms with E-state index in [0.717, 1.165) is 11.3 Å². The van der Waals surface area contributed by atoms with Crippen molar-refractivity contribution in [2.24, 2.45) is 4.99 Å². The Morgan fingerprint density at radius 2 is 1.94 bits per heavy atom. The van der Waals surface area contributed by atoms with E-state index in [1.807, 2.05) is 0 Å². The Labute approximate surface area is 191 Å². The lowest BCUT2D eigenvalue weighted by atomic mass is 9.96. The fourth-order valence-electron chi connectivity index (χ4n) is 3.67. The predicted molar refractivity (Wildman–Crippen MR) is 122 cm³/mol. The first-order valence-electron chi connectivity index (χ1n) is 9.83.